The third-order valence-electron chi connectivity index (χ3n) is 5.32. The summed E-state index contributed by atoms with van der Waals surface area (Å²) >= 11 is 0. The van der Waals surface area contributed by atoms with Crippen LogP contribution in [0.3, 0.4) is 0 Å². The molecule has 0 amide bonds. The molecular formula is C18H24O. The van der Waals surface area contributed by atoms with Crippen LogP contribution in [-0.4, -0.2) is 5.78 Å². The summed E-state index contributed by atoms with van der Waals surface area (Å²) in [5.41, 5.74) is 1.31. The van der Waals surface area contributed by atoms with E-state index in [0.717, 1.165) is 11.5 Å². The van der Waals surface area contributed by atoms with Crippen LogP contribution >= 0.6 is 0 Å². The molecule has 4 unspecified atom stereocenters. The van der Waals surface area contributed by atoms with Gasteiger partial charge >= 0.3 is 0 Å². The summed E-state index contributed by atoms with van der Waals surface area (Å²) in [6, 6.07) is 9.85. The zero-order chi connectivity index (χ0) is 13.6. The highest BCUT2D eigenvalue weighted by atomic mass is 16.1. The van der Waals surface area contributed by atoms with E-state index in [1.165, 1.54) is 19.3 Å². The molecule has 2 aliphatic rings. The van der Waals surface area contributed by atoms with E-state index in [4.69, 9.17) is 0 Å². The van der Waals surface area contributed by atoms with E-state index in [-0.39, 0.29) is 0 Å². The number of fused-ring (bicyclic) bond motifs is 1. The Balaban J connectivity index is 1.69. The lowest BCUT2D eigenvalue weighted by Crippen LogP contribution is -2.23. The highest BCUT2D eigenvalue weighted by Crippen LogP contribution is 2.60. The maximum atomic E-state index is 12.5. The van der Waals surface area contributed by atoms with Crippen molar-refractivity contribution in [3.8, 4) is 0 Å². The van der Waals surface area contributed by atoms with Gasteiger partial charge in [0.2, 0.25) is 0 Å². The summed E-state index contributed by atoms with van der Waals surface area (Å²) in [5.74, 6) is 2.87. The Bertz CT molecular complexity index is 468. The quantitative estimate of drug-likeness (QED) is 0.708. The first-order valence-electron chi connectivity index (χ1n) is 7.58. The van der Waals surface area contributed by atoms with Gasteiger partial charge in [0.25, 0.3) is 0 Å². The highest BCUT2D eigenvalue weighted by molar-refractivity contribution is 6.00. The molecule has 19 heavy (non-hydrogen) atoms. The monoisotopic (exact) mass is 256 g/mol. The lowest BCUT2D eigenvalue weighted by Gasteiger charge is -2.33. The molecular weight excluding hydrogens is 232 g/mol. The van der Waals surface area contributed by atoms with Crippen molar-refractivity contribution >= 4 is 5.78 Å². The lowest BCUT2D eigenvalue weighted by molar-refractivity contribution is 0.0955. The molecule has 102 valence electrons. The average Bonchev–Trinajstić information content (AvgIpc) is 3.11. The third kappa shape index (κ3) is 2.35. The van der Waals surface area contributed by atoms with E-state index >= 15 is 0 Å². The van der Waals surface area contributed by atoms with Crippen LogP contribution in [-0.2, 0) is 0 Å². The molecule has 2 saturated carbocycles. The number of hydrogen-bond donors (Lipinski definition) is 0. The van der Waals surface area contributed by atoms with Gasteiger partial charge in [-0.2, -0.15) is 0 Å². The number of ketones is 1. The number of hydrogen-bond acceptors (Lipinski definition) is 1. The average molecular weight is 256 g/mol. The van der Waals surface area contributed by atoms with Gasteiger partial charge in [0.15, 0.2) is 5.78 Å². The van der Waals surface area contributed by atoms with Gasteiger partial charge in [-0.1, -0.05) is 51.1 Å². The predicted octanol–water partition coefficient (Wildman–Crippen LogP) is 4.58. The Morgan fingerprint density at radius 2 is 1.74 bits per heavy atom. The van der Waals surface area contributed by atoms with Crippen molar-refractivity contribution in [2.24, 2.45) is 29.1 Å². The van der Waals surface area contributed by atoms with E-state index in [1.807, 2.05) is 30.3 Å². The molecule has 0 N–H and O–H groups in total. The molecule has 0 saturated heterocycles. The first-order valence-corrected chi connectivity index (χ1v) is 7.58. The summed E-state index contributed by atoms with van der Waals surface area (Å²) in [4.78, 5) is 12.5. The minimum atomic E-state index is 0.328. The highest BCUT2D eigenvalue weighted by Gasteiger charge is 2.57. The van der Waals surface area contributed by atoms with Gasteiger partial charge < -0.3 is 0 Å². The van der Waals surface area contributed by atoms with Crippen molar-refractivity contribution in [2.75, 3.05) is 0 Å². The summed E-state index contributed by atoms with van der Waals surface area (Å²) in [6.07, 6.45) is 3.83. The second-order valence-corrected chi connectivity index (χ2v) is 7.46. The Kier molecular flexibility index (Phi) is 3.03. The van der Waals surface area contributed by atoms with Crippen molar-refractivity contribution < 1.29 is 4.79 Å². The molecule has 1 aromatic rings. The van der Waals surface area contributed by atoms with Crippen molar-refractivity contribution in [2.45, 2.75) is 40.0 Å². The number of carbonyl (C=O) groups excluding carboxylic acids is 1. The molecule has 4 atom stereocenters. The first-order chi connectivity index (χ1) is 8.98. The van der Waals surface area contributed by atoms with Crippen LogP contribution in [0, 0.1) is 29.1 Å². The van der Waals surface area contributed by atoms with Crippen LogP contribution in [0.5, 0.6) is 0 Å². The first kappa shape index (κ1) is 12.9. The fourth-order valence-corrected chi connectivity index (χ4v) is 3.97. The Hall–Kier alpha value is -1.11. The SMILES string of the molecule is CC(C)(C)C1CCC2C(C1)C2C(=O)c1ccccc1. The van der Waals surface area contributed by atoms with Crippen LogP contribution in [0.15, 0.2) is 30.3 Å². The summed E-state index contributed by atoms with van der Waals surface area (Å²) in [5, 5.41) is 0. The zero-order valence-corrected chi connectivity index (χ0v) is 12.2. The van der Waals surface area contributed by atoms with E-state index in [9.17, 15) is 4.79 Å². The molecule has 2 fully saturated rings. The van der Waals surface area contributed by atoms with E-state index < -0.39 is 0 Å². The summed E-state index contributed by atoms with van der Waals surface area (Å²) in [7, 11) is 0. The van der Waals surface area contributed by atoms with Gasteiger partial charge in [0.1, 0.15) is 0 Å². The van der Waals surface area contributed by atoms with Crippen LogP contribution in [0.4, 0.5) is 0 Å². The van der Waals surface area contributed by atoms with Crippen molar-refractivity contribution in [1.82, 2.24) is 0 Å². The summed E-state index contributed by atoms with van der Waals surface area (Å²) in [6.45, 7) is 7.02. The van der Waals surface area contributed by atoms with Crippen LogP contribution in [0.1, 0.15) is 50.4 Å². The minimum Gasteiger partial charge on any atom is -0.294 e. The van der Waals surface area contributed by atoms with Crippen LogP contribution in [0.25, 0.3) is 0 Å². The molecule has 0 aromatic heterocycles. The van der Waals surface area contributed by atoms with E-state index in [2.05, 4.69) is 20.8 Å². The normalized spacial score (nSPS) is 33.6. The van der Waals surface area contributed by atoms with Gasteiger partial charge in [-0.05, 0) is 42.4 Å². The molecule has 0 bridgehead atoms. The van der Waals surface area contributed by atoms with Crippen LogP contribution in [0.2, 0.25) is 0 Å². The Morgan fingerprint density at radius 3 is 2.37 bits per heavy atom. The Labute approximate surface area is 116 Å². The molecule has 0 aliphatic heterocycles. The topological polar surface area (TPSA) is 17.1 Å². The second-order valence-electron chi connectivity index (χ2n) is 7.46. The largest absolute Gasteiger partial charge is 0.294 e. The zero-order valence-electron chi connectivity index (χ0n) is 12.2. The van der Waals surface area contributed by atoms with Gasteiger partial charge in [0.05, 0.1) is 0 Å². The molecule has 0 radical (unpaired) electrons. The maximum absolute atomic E-state index is 12.5. The number of Topliss-reactive ketones (excluding diaryl/α,β-unsaturated/α-hetero) is 1. The smallest absolute Gasteiger partial charge is 0.166 e. The van der Waals surface area contributed by atoms with Gasteiger partial charge in [-0.3, -0.25) is 4.79 Å². The standard InChI is InChI=1S/C18H24O/c1-18(2,3)13-9-10-14-15(11-13)16(14)17(19)12-7-5-4-6-8-12/h4-8,13-16H,9-11H2,1-3H3. The summed E-state index contributed by atoms with van der Waals surface area (Å²) < 4.78 is 0. The third-order valence-corrected chi connectivity index (χ3v) is 5.32. The second kappa shape index (κ2) is 4.47. The van der Waals surface area contributed by atoms with Crippen molar-refractivity contribution in [3.63, 3.8) is 0 Å². The molecule has 1 nitrogen and oxygen atoms in total. The number of rotatable bonds is 2. The fraction of sp³-hybridized carbons (Fsp3) is 0.611. The lowest BCUT2D eigenvalue weighted by atomic mass is 9.72. The number of carbonyl (C=O) groups is 1. The molecule has 2 aliphatic carbocycles. The molecule has 0 spiro atoms. The fourth-order valence-electron chi connectivity index (χ4n) is 3.97. The molecule has 3 rings (SSSR count). The molecule has 0 heterocycles. The molecule has 1 aromatic carbocycles. The van der Waals surface area contributed by atoms with Gasteiger partial charge in [-0.15, -0.1) is 0 Å². The van der Waals surface area contributed by atoms with Gasteiger partial charge in [0, 0.05) is 11.5 Å². The molecule has 1 heteroatoms. The van der Waals surface area contributed by atoms with Gasteiger partial charge in [-0.25, -0.2) is 0 Å². The maximum Gasteiger partial charge on any atom is 0.166 e. The number of benzene rings is 1. The predicted molar refractivity (Wildman–Crippen MR) is 78.0 cm³/mol. The van der Waals surface area contributed by atoms with Crippen molar-refractivity contribution in [3.05, 3.63) is 35.9 Å². The van der Waals surface area contributed by atoms with E-state index in [0.29, 0.717) is 29.0 Å². The van der Waals surface area contributed by atoms with E-state index in [1.54, 1.807) is 0 Å². The van der Waals surface area contributed by atoms with Crippen LogP contribution < -0.4 is 0 Å². The minimum absolute atomic E-state index is 0.328. The Morgan fingerprint density at radius 1 is 1.05 bits per heavy atom. The van der Waals surface area contributed by atoms with Crippen molar-refractivity contribution in [1.29, 1.82) is 0 Å².